The van der Waals surface area contributed by atoms with Gasteiger partial charge < -0.3 is 19.3 Å². The minimum atomic E-state index is -0.549. The van der Waals surface area contributed by atoms with Crippen molar-refractivity contribution in [2.75, 3.05) is 46.4 Å². The van der Waals surface area contributed by atoms with E-state index in [9.17, 15) is 14.9 Å². The second-order valence-corrected chi connectivity index (χ2v) is 7.15. The van der Waals surface area contributed by atoms with E-state index < -0.39 is 4.92 Å². The Morgan fingerprint density at radius 2 is 1.67 bits per heavy atom. The zero-order valence-corrected chi connectivity index (χ0v) is 16.1. The molecule has 1 aromatic rings. The van der Waals surface area contributed by atoms with Gasteiger partial charge in [-0.3, -0.25) is 14.9 Å². The molecule has 3 rings (SSSR count). The van der Waals surface area contributed by atoms with Crippen LogP contribution in [0.4, 0.5) is 5.69 Å². The number of nitro groups is 1. The summed E-state index contributed by atoms with van der Waals surface area (Å²) in [7, 11) is 2.00. The molecule has 0 aliphatic carbocycles. The summed E-state index contributed by atoms with van der Waals surface area (Å²) in [6.07, 6.45) is 0. The van der Waals surface area contributed by atoms with Crippen LogP contribution in [-0.4, -0.2) is 67.1 Å². The van der Waals surface area contributed by atoms with Crippen LogP contribution in [0.3, 0.4) is 0 Å². The number of piperazine rings is 1. The third kappa shape index (κ3) is 2.98. The number of nitro benzene ring substituents is 1. The minimum absolute atomic E-state index is 0.00111. The highest BCUT2D eigenvalue weighted by Crippen LogP contribution is 2.51. The normalized spacial score (nSPS) is 17.7. The Balaban J connectivity index is 2.09. The van der Waals surface area contributed by atoms with Crippen LogP contribution in [0.1, 0.15) is 10.4 Å². The summed E-state index contributed by atoms with van der Waals surface area (Å²) < 4.78 is 11.5. The third-order valence-electron chi connectivity index (χ3n) is 4.03. The molecule has 2 aliphatic rings. The molecule has 0 radical (unpaired) electrons. The van der Waals surface area contributed by atoms with Crippen LogP contribution in [0.2, 0.25) is 0 Å². The van der Waals surface area contributed by atoms with Crippen molar-refractivity contribution >= 4 is 43.5 Å². The molecule has 10 heteroatoms. The van der Waals surface area contributed by atoms with E-state index in [2.05, 4.69) is 36.8 Å². The van der Waals surface area contributed by atoms with Crippen LogP contribution < -0.4 is 9.47 Å². The van der Waals surface area contributed by atoms with Crippen molar-refractivity contribution in [2.24, 2.45) is 0 Å². The van der Waals surface area contributed by atoms with Crippen LogP contribution in [0.25, 0.3) is 0 Å². The number of likely N-dealkylation sites (N-methyl/N-ethyl adjacent to an activating group) is 1. The van der Waals surface area contributed by atoms with Crippen molar-refractivity contribution < 1.29 is 19.2 Å². The van der Waals surface area contributed by atoms with Gasteiger partial charge in [-0.2, -0.15) is 0 Å². The summed E-state index contributed by atoms with van der Waals surface area (Å²) in [5.41, 5.74) is 0.0123. The van der Waals surface area contributed by atoms with Gasteiger partial charge in [0.25, 0.3) is 5.91 Å². The van der Waals surface area contributed by atoms with Gasteiger partial charge in [0.05, 0.1) is 9.40 Å². The molecule has 2 heterocycles. The van der Waals surface area contributed by atoms with E-state index in [1.54, 1.807) is 4.90 Å². The number of rotatable bonds is 2. The Kier molecular flexibility index (Phi) is 4.97. The van der Waals surface area contributed by atoms with Crippen molar-refractivity contribution in [1.29, 1.82) is 0 Å². The average Bonchev–Trinajstić information content (AvgIpc) is 2.56. The van der Waals surface area contributed by atoms with Crippen molar-refractivity contribution in [2.45, 2.75) is 0 Å². The fourth-order valence-electron chi connectivity index (χ4n) is 2.71. The van der Waals surface area contributed by atoms with Gasteiger partial charge in [-0.1, -0.05) is 0 Å². The Labute approximate surface area is 155 Å². The molecule has 0 N–H and O–H groups in total. The molecule has 1 saturated heterocycles. The predicted octanol–water partition coefficient (Wildman–Crippen LogP) is 2.28. The smallest absolute Gasteiger partial charge is 0.330 e. The number of nitrogens with zero attached hydrogens (tertiary/aromatic N) is 3. The highest BCUT2D eigenvalue weighted by molar-refractivity contribution is 9.13. The van der Waals surface area contributed by atoms with Gasteiger partial charge in [-0.05, 0) is 38.9 Å². The van der Waals surface area contributed by atoms with E-state index in [1.807, 2.05) is 7.05 Å². The van der Waals surface area contributed by atoms with Gasteiger partial charge in [0.1, 0.15) is 23.2 Å². The molecular formula is C14H15Br2N3O5. The fraction of sp³-hybridized carbons (Fsp3) is 0.500. The number of hydrogen-bond acceptors (Lipinski definition) is 6. The Hall–Kier alpha value is -1.39. The third-order valence-corrected chi connectivity index (χ3v) is 6.13. The van der Waals surface area contributed by atoms with Crippen LogP contribution in [0, 0.1) is 10.1 Å². The number of benzene rings is 1. The van der Waals surface area contributed by atoms with Crippen molar-refractivity contribution in [1.82, 2.24) is 9.80 Å². The van der Waals surface area contributed by atoms with Gasteiger partial charge in [-0.15, -0.1) is 0 Å². The maximum atomic E-state index is 13.0. The number of carbonyl (C=O) groups is 1. The van der Waals surface area contributed by atoms with Crippen LogP contribution >= 0.6 is 31.9 Å². The second-order valence-electron chi connectivity index (χ2n) is 5.56. The van der Waals surface area contributed by atoms with Crippen molar-refractivity contribution in [3.8, 4) is 11.5 Å². The zero-order valence-electron chi connectivity index (χ0n) is 12.9. The lowest BCUT2D eigenvalue weighted by Gasteiger charge is -2.33. The molecule has 1 aromatic carbocycles. The summed E-state index contributed by atoms with van der Waals surface area (Å²) in [6, 6.07) is 0. The van der Waals surface area contributed by atoms with E-state index in [0.29, 0.717) is 17.6 Å². The lowest BCUT2D eigenvalue weighted by Crippen LogP contribution is -2.47. The molecule has 1 amide bonds. The molecule has 0 bridgehead atoms. The summed E-state index contributed by atoms with van der Waals surface area (Å²) >= 11 is 6.52. The Morgan fingerprint density at radius 3 is 2.25 bits per heavy atom. The van der Waals surface area contributed by atoms with Gasteiger partial charge in [0, 0.05) is 26.2 Å². The minimum Gasteiger partial charge on any atom is -0.485 e. The van der Waals surface area contributed by atoms with Gasteiger partial charge >= 0.3 is 5.69 Å². The zero-order chi connectivity index (χ0) is 17.4. The summed E-state index contributed by atoms with van der Waals surface area (Å²) in [5.74, 6) is -0.0990. The molecule has 24 heavy (non-hydrogen) atoms. The molecular weight excluding hydrogens is 450 g/mol. The van der Waals surface area contributed by atoms with E-state index in [1.165, 1.54) is 0 Å². The lowest BCUT2D eigenvalue weighted by atomic mass is 10.1. The maximum Gasteiger partial charge on any atom is 0.330 e. The highest BCUT2D eigenvalue weighted by atomic mass is 79.9. The first-order valence-electron chi connectivity index (χ1n) is 7.34. The largest absolute Gasteiger partial charge is 0.485 e. The molecule has 0 atom stereocenters. The Bertz CT molecular complexity index is 704. The SMILES string of the molecule is CN1CCN(C(=O)c2c(Br)c(Br)c([N+](=O)[O-])c3c2OCCO3)CC1. The summed E-state index contributed by atoms with van der Waals surface area (Å²) in [4.78, 5) is 27.7. The molecule has 1 fully saturated rings. The molecule has 0 saturated carbocycles. The second kappa shape index (κ2) is 6.85. The molecule has 2 aliphatic heterocycles. The van der Waals surface area contributed by atoms with Gasteiger partial charge in [-0.25, -0.2) is 0 Å². The number of carbonyl (C=O) groups excluding carboxylic acids is 1. The molecule has 0 unspecified atom stereocenters. The first kappa shape index (κ1) is 17.4. The van der Waals surface area contributed by atoms with Crippen LogP contribution in [0.15, 0.2) is 8.95 Å². The van der Waals surface area contributed by atoms with E-state index in [-0.39, 0.29) is 46.3 Å². The molecule has 0 spiro atoms. The number of fused-ring (bicyclic) bond motifs is 1. The predicted molar refractivity (Wildman–Crippen MR) is 92.9 cm³/mol. The molecule has 130 valence electrons. The molecule has 8 nitrogen and oxygen atoms in total. The summed E-state index contributed by atoms with van der Waals surface area (Å²) in [6.45, 7) is 3.16. The van der Waals surface area contributed by atoms with E-state index in [4.69, 9.17) is 9.47 Å². The lowest BCUT2D eigenvalue weighted by molar-refractivity contribution is -0.387. The Morgan fingerprint density at radius 1 is 1.08 bits per heavy atom. The monoisotopic (exact) mass is 463 g/mol. The maximum absolute atomic E-state index is 13.0. The van der Waals surface area contributed by atoms with E-state index in [0.717, 1.165) is 13.1 Å². The summed E-state index contributed by atoms with van der Waals surface area (Å²) in [5, 5.41) is 11.4. The van der Waals surface area contributed by atoms with Gasteiger partial charge in [0.15, 0.2) is 5.75 Å². The number of halogens is 2. The number of hydrogen-bond donors (Lipinski definition) is 0. The van der Waals surface area contributed by atoms with Crippen LogP contribution in [0.5, 0.6) is 11.5 Å². The molecule has 0 aromatic heterocycles. The van der Waals surface area contributed by atoms with Crippen molar-refractivity contribution in [3.05, 3.63) is 24.6 Å². The number of amides is 1. The van der Waals surface area contributed by atoms with Gasteiger partial charge in [0.2, 0.25) is 5.75 Å². The van der Waals surface area contributed by atoms with Crippen LogP contribution in [-0.2, 0) is 0 Å². The standard InChI is InChI=1S/C14H15Br2N3O5/c1-17-2-4-18(5-3-17)14(20)8-9(15)10(16)11(19(21)22)13-12(8)23-6-7-24-13/h2-7H2,1H3. The van der Waals surface area contributed by atoms with E-state index >= 15 is 0 Å². The average molecular weight is 465 g/mol. The fourth-order valence-corrected chi connectivity index (χ4v) is 3.78. The quantitative estimate of drug-likeness (QED) is 0.493. The topological polar surface area (TPSA) is 85.2 Å². The highest BCUT2D eigenvalue weighted by Gasteiger charge is 2.37. The number of ether oxygens (including phenoxy) is 2. The first-order valence-corrected chi connectivity index (χ1v) is 8.93. The first-order chi connectivity index (χ1) is 11.4. The van der Waals surface area contributed by atoms with Crippen molar-refractivity contribution in [3.63, 3.8) is 0 Å².